The Morgan fingerprint density at radius 1 is 0.309 bits per heavy atom. The molecule has 0 atom stereocenters. The Kier molecular flexibility index (Phi) is 7.61. The van der Waals surface area contributed by atoms with Crippen LogP contribution in [-0.2, 0) is 0 Å². The van der Waals surface area contributed by atoms with Gasteiger partial charge in [0.05, 0.1) is 5.69 Å². The summed E-state index contributed by atoms with van der Waals surface area (Å²) in [6, 6.07) is 73.4. The topological polar surface area (TPSA) is 3.24 Å². The lowest BCUT2D eigenvalue weighted by molar-refractivity contribution is 1.30. The van der Waals surface area contributed by atoms with Crippen LogP contribution in [-0.4, -0.2) is 0 Å². The normalized spacial score (nSPS) is 11.6. The molecule has 55 heavy (non-hydrogen) atoms. The molecular formula is C52H33NS2. The number of fused-ring (bicyclic) bond motifs is 7. The quantitative estimate of drug-likeness (QED) is 0.164. The van der Waals surface area contributed by atoms with E-state index in [1.807, 2.05) is 22.7 Å². The molecule has 3 heteroatoms. The van der Waals surface area contributed by atoms with Gasteiger partial charge in [-0.05, 0) is 87.8 Å². The standard InChI is InChI=1S/C52H33NS2/c1-2-14-41-35(11-1)12-9-20-48(41)53(38-28-23-34(24-29-38)37-27-32-51-47(33-37)44-17-6-7-21-49(44)54-51)39-30-25-36(26-31-39)40-13-3-4-15-42(40)45-18-10-19-46-43-16-5-8-22-50(43)55-52(45)46/h1-33H. The molecule has 0 amide bonds. The highest BCUT2D eigenvalue weighted by Crippen LogP contribution is 2.45. The first-order valence-corrected chi connectivity index (χ1v) is 20.3. The zero-order valence-electron chi connectivity index (χ0n) is 29.8. The highest BCUT2D eigenvalue weighted by Gasteiger charge is 2.18. The van der Waals surface area contributed by atoms with Gasteiger partial charge in [0.1, 0.15) is 0 Å². The summed E-state index contributed by atoms with van der Waals surface area (Å²) < 4.78 is 5.32. The number of anilines is 3. The van der Waals surface area contributed by atoms with Gasteiger partial charge in [0.15, 0.2) is 0 Å². The SMILES string of the molecule is c1ccc(-c2cccc3c2sc2ccccc23)c(-c2ccc(N(c3ccc(-c4ccc5sc6ccccc6c5c4)cc3)c3cccc4ccccc34)cc2)c1. The van der Waals surface area contributed by atoms with Gasteiger partial charge in [0.2, 0.25) is 0 Å². The van der Waals surface area contributed by atoms with E-state index in [0.29, 0.717) is 0 Å². The van der Waals surface area contributed by atoms with Crippen LogP contribution in [0.1, 0.15) is 0 Å². The average Bonchev–Trinajstić information content (AvgIpc) is 3.83. The van der Waals surface area contributed by atoms with E-state index < -0.39 is 0 Å². The minimum atomic E-state index is 1.11. The molecule has 0 fully saturated rings. The average molecular weight is 736 g/mol. The van der Waals surface area contributed by atoms with Gasteiger partial charge >= 0.3 is 0 Å². The van der Waals surface area contributed by atoms with Crippen molar-refractivity contribution < 1.29 is 0 Å². The molecule has 9 aromatic carbocycles. The van der Waals surface area contributed by atoms with Crippen LogP contribution in [0.5, 0.6) is 0 Å². The smallest absolute Gasteiger partial charge is 0.0540 e. The summed E-state index contributed by atoms with van der Waals surface area (Å²) in [5.41, 5.74) is 10.8. The Morgan fingerprint density at radius 3 is 1.62 bits per heavy atom. The number of hydrogen-bond acceptors (Lipinski definition) is 3. The van der Waals surface area contributed by atoms with E-state index in [9.17, 15) is 0 Å². The zero-order valence-corrected chi connectivity index (χ0v) is 31.4. The molecule has 0 aliphatic carbocycles. The Bertz CT molecular complexity index is 3200. The van der Waals surface area contributed by atoms with E-state index in [4.69, 9.17) is 0 Å². The van der Waals surface area contributed by atoms with Gasteiger partial charge in [-0.25, -0.2) is 0 Å². The molecule has 258 valence electrons. The van der Waals surface area contributed by atoms with Crippen molar-refractivity contribution in [3.63, 3.8) is 0 Å². The lowest BCUT2D eigenvalue weighted by Crippen LogP contribution is -2.10. The third-order valence-electron chi connectivity index (χ3n) is 10.9. The van der Waals surface area contributed by atoms with Gasteiger partial charge in [0.25, 0.3) is 0 Å². The summed E-state index contributed by atoms with van der Waals surface area (Å²) >= 11 is 3.75. The van der Waals surface area contributed by atoms with E-state index in [2.05, 4.69) is 205 Å². The maximum Gasteiger partial charge on any atom is 0.0540 e. The molecule has 2 aromatic heterocycles. The summed E-state index contributed by atoms with van der Waals surface area (Å²) in [6.07, 6.45) is 0. The summed E-state index contributed by atoms with van der Waals surface area (Å²) in [7, 11) is 0. The summed E-state index contributed by atoms with van der Waals surface area (Å²) in [5.74, 6) is 0. The molecule has 0 radical (unpaired) electrons. The van der Waals surface area contributed by atoms with Crippen molar-refractivity contribution in [3.8, 4) is 33.4 Å². The van der Waals surface area contributed by atoms with Gasteiger partial charge in [0, 0.05) is 62.7 Å². The van der Waals surface area contributed by atoms with Crippen LogP contribution in [0.3, 0.4) is 0 Å². The second-order valence-corrected chi connectivity index (χ2v) is 16.2. The fourth-order valence-electron chi connectivity index (χ4n) is 8.26. The van der Waals surface area contributed by atoms with Crippen LogP contribution in [0.2, 0.25) is 0 Å². The van der Waals surface area contributed by atoms with Gasteiger partial charge < -0.3 is 4.90 Å². The lowest BCUT2D eigenvalue weighted by Gasteiger charge is -2.27. The van der Waals surface area contributed by atoms with Crippen molar-refractivity contribution in [1.29, 1.82) is 0 Å². The number of rotatable bonds is 6. The molecule has 0 N–H and O–H groups in total. The summed E-state index contributed by atoms with van der Waals surface area (Å²) in [5, 5.41) is 7.73. The van der Waals surface area contributed by atoms with Gasteiger partial charge in [-0.2, -0.15) is 0 Å². The van der Waals surface area contributed by atoms with Crippen LogP contribution in [0.15, 0.2) is 200 Å². The third kappa shape index (κ3) is 5.43. The van der Waals surface area contributed by atoms with E-state index in [0.717, 1.165) is 17.1 Å². The monoisotopic (exact) mass is 735 g/mol. The van der Waals surface area contributed by atoms with Crippen molar-refractivity contribution in [1.82, 2.24) is 0 Å². The van der Waals surface area contributed by atoms with Crippen molar-refractivity contribution in [3.05, 3.63) is 200 Å². The number of benzene rings is 9. The Morgan fingerprint density at radius 2 is 0.836 bits per heavy atom. The summed E-state index contributed by atoms with van der Waals surface area (Å²) in [4.78, 5) is 2.40. The minimum absolute atomic E-state index is 1.11. The molecular weight excluding hydrogens is 703 g/mol. The molecule has 2 heterocycles. The van der Waals surface area contributed by atoms with Crippen molar-refractivity contribution in [2.24, 2.45) is 0 Å². The highest BCUT2D eigenvalue weighted by molar-refractivity contribution is 7.26. The van der Waals surface area contributed by atoms with E-state index >= 15 is 0 Å². The van der Waals surface area contributed by atoms with E-state index in [1.165, 1.54) is 84.5 Å². The maximum absolute atomic E-state index is 2.40. The largest absolute Gasteiger partial charge is 0.310 e. The number of nitrogens with zero attached hydrogens (tertiary/aromatic N) is 1. The Labute approximate surface area is 327 Å². The molecule has 11 aromatic rings. The van der Waals surface area contributed by atoms with Gasteiger partial charge in [-0.15, -0.1) is 22.7 Å². The molecule has 0 saturated heterocycles. The van der Waals surface area contributed by atoms with Crippen LogP contribution >= 0.6 is 22.7 Å². The predicted molar refractivity (Wildman–Crippen MR) is 241 cm³/mol. The Balaban J connectivity index is 1.00. The molecule has 0 saturated carbocycles. The third-order valence-corrected chi connectivity index (χ3v) is 13.3. The minimum Gasteiger partial charge on any atom is -0.310 e. The number of thiophene rings is 2. The molecule has 0 bridgehead atoms. The first kappa shape index (κ1) is 32.0. The van der Waals surface area contributed by atoms with Crippen molar-refractivity contribution >= 4 is 90.9 Å². The first-order chi connectivity index (χ1) is 27.3. The summed E-state index contributed by atoms with van der Waals surface area (Å²) in [6.45, 7) is 0. The van der Waals surface area contributed by atoms with Crippen LogP contribution < -0.4 is 4.90 Å². The molecule has 0 spiro atoms. The van der Waals surface area contributed by atoms with Gasteiger partial charge in [-0.3, -0.25) is 0 Å². The molecule has 11 rings (SSSR count). The second kappa shape index (κ2) is 13.1. The van der Waals surface area contributed by atoms with Crippen molar-refractivity contribution in [2.45, 2.75) is 0 Å². The highest BCUT2D eigenvalue weighted by atomic mass is 32.1. The molecule has 0 aliphatic rings. The molecule has 1 nitrogen and oxygen atoms in total. The first-order valence-electron chi connectivity index (χ1n) is 18.7. The lowest BCUT2D eigenvalue weighted by atomic mass is 9.93. The molecule has 0 aliphatic heterocycles. The second-order valence-electron chi connectivity index (χ2n) is 14.1. The predicted octanol–water partition coefficient (Wildman–Crippen LogP) is 16.0. The number of hydrogen-bond donors (Lipinski definition) is 0. The van der Waals surface area contributed by atoms with Crippen LogP contribution in [0, 0.1) is 0 Å². The van der Waals surface area contributed by atoms with Crippen LogP contribution in [0.4, 0.5) is 17.1 Å². The maximum atomic E-state index is 2.40. The fraction of sp³-hybridized carbons (Fsp3) is 0. The van der Waals surface area contributed by atoms with Crippen molar-refractivity contribution in [2.75, 3.05) is 4.90 Å². The van der Waals surface area contributed by atoms with Gasteiger partial charge in [-0.1, -0.05) is 146 Å². The molecule has 0 unspecified atom stereocenters. The van der Waals surface area contributed by atoms with E-state index in [1.54, 1.807) is 0 Å². The Hall–Kier alpha value is -6.52. The fourth-order valence-corrected chi connectivity index (χ4v) is 10.6. The van der Waals surface area contributed by atoms with E-state index in [-0.39, 0.29) is 0 Å². The van der Waals surface area contributed by atoms with Crippen LogP contribution in [0.25, 0.3) is 84.5 Å². The zero-order chi connectivity index (χ0) is 36.3.